The molecule has 0 atom stereocenters. The van der Waals surface area contributed by atoms with Gasteiger partial charge in [-0.1, -0.05) is 60.3 Å². The summed E-state index contributed by atoms with van der Waals surface area (Å²) in [6, 6.07) is 17.3. The van der Waals surface area contributed by atoms with Crippen LogP contribution < -0.4 is 10.9 Å². The molecule has 0 radical (unpaired) electrons. The van der Waals surface area contributed by atoms with E-state index < -0.39 is 11.8 Å². The van der Waals surface area contributed by atoms with E-state index in [4.69, 9.17) is 9.72 Å². The zero-order valence-corrected chi connectivity index (χ0v) is 24.3. The third-order valence-electron chi connectivity index (χ3n) is 6.00. The molecule has 0 bridgehead atoms. The van der Waals surface area contributed by atoms with Crippen molar-refractivity contribution in [3.05, 3.63) is 100 Å². The second-order valence-corrected chi connectivity index (χ2v) is 11.6. The smallest absolute Gasteiger partial charge is 0.341 e. The molecule has 7 nitrogen and oxygen atoms in total. The minimum atomic E-state index is -0.588. The molecule has 1 amide bonds. The van der Waals surface area contributed by atoms with Crippen molar-refractivity contribution in [2.45, 2.75) is 18.6 Å². The van der Waals surface area contributed by atoms with Gasteiger partial charge in [-0.05, 0) is 36.2 Å². The molecule has 0 spiro atoms. The van der Waals surface area contributed by atoms with Gasteiger partial charge in [0.2, 0.25) is 5.91 Å². The average molecular weight is 606 g/mol. The van der Waals surface area contributed by atoms with Gasteiger partial charge in [-0.3, -0.25) is 14.2 Å². The van der Waals surface area contributed by atoms with Gasteiger partial charge in [-0.25, -0.2) is 14.2 Å². The number of carbonyl (C=O) groups excluding carboxylic acids is 2. The van der Waals surface area contributed by atoms with Crippen LogP contribution in [0.4, 0.5) is 9.39 Å². The highest BCUT2D eigenvalue weighted by molar-refractivity contribution is 7.99. The molecule has 0 aliphatic carbocycles. The first-order valence-corrected chi connectivity index (χ1v) is 15.3. The van der Waals surface area contributed by atoms with Gasteiger partial charge in [0.05, 0.1) is 17.7 Å². The van der Waals surface area contributed by atoms with Gasteiger partial charge in [0.15, 0.2) is 5.16 Å². The first kappa shape index (κ1) is 28.5. The second kappa shape index (κ2) is 12.6. The van der Waals surface area contributed by atoms with Crippen molar-refractivity contribution >= 4 is 61.5 Å². The van der Waals surface area contributed by atoms with Crippen molar-refractivity contribution in [1.82, 2.24) is 9.55 Å². The Bertz CT molecular complexity index is 1790. The molecule has 0 unspecified atom stereocenters. The minimum Gasteiger partial charge on any atom is -0.462 e. The number of allylic oxidation sites excluding steroid dienone is 1. The molecule has 0 saturated heterocycles. The number of benzene rings is 2. The summed E-state index contributed by atoms with van der Waals surface area (Å²) < 4.78 is 20.2. The monoisotopic (exact) mass is 605 g/mol. The lowest BCUT2D eigenvalue weighted by molar-refractivity contribution is -0.113. The van der Waals surface area contributed by atoms with Crippen LogP contribution in [-0.2, 0) is 16.1 Å². The third kappa shape index (κ3) is 6.17. The third-order valence-corrected chi connectivity index (χ3v) is 8.95. The Balaban J connectivity index is 1.40. The van der Waals surface area contributed by atoms with Gasteiger partial charge in [0, 0.05) is 22.4 Å². The van der Waals surface area contributed by atoms with Crippen LogP contribution in [0.2, 0.25) is 0 Å². The molecule has 41 heavy (non-hydrogen) atoms. The molecule has 0 aliphatic rings. The second-order valence-electron chi connectivity index (χ2n) is 8.71. The SMILES string of the molecule is C=CCn1c(SCC(=O)Nc2scc(-c3ccc(F)cc3)c2C(=O)OCC)nc2sc(-c3ccccc3)cc2c1=O. The number of aromatic nitrogens is 2. The normalized spacial score (nSPS) is 11.0. The van der Waals surface area contributed by atoms with E-state index in [1.165, 1.54) is 39.4 Å². The first-order chi connectivity index (χ1) is 19.9. The van der Waals surface area contributed by atoms with Crippen LogP contribution >= 0.6 is 34.4 Å². The molecule has 0 saturated carbocycles. The molecule has 5 aromatic rings. The summed E-state index contributed by atoms with van der Waals surface area (Å²) in [4.78, 5) is 45.5. The maximum absolute atomic E-state index is 13.5. The number of nitrogens with one attached hydrogen (secondary N) is 1. The maximum atomic E-state index is 13.5. The number of anilines is 1. The van der Waals surface area contributed by atoms with E-state index in [9.17, 15) is 18.8 Å². The molecule has 2 aromatic carbocycles. The van der Waals surface area contributed by atoms with Crippen LogP contribution in [0, 0.1) is 5.82 Å². The Labute approximate surface area is 247 Å². The van der Waals surface area contributed by atoms with Gasteiger partial charge in [-0.15, -0.1) is 29.3 Å². The molecule has 3 aromatic heterocycles. The Kier molecular flexibility index (Phi) is 8.77. The van der Waals surface area contributed by atoms with Gasteiger partial charge in [0.1, 0.15) is 21.2 Å². The molecular formula is C30H24FN3O4S3. The summed E-state index contributed by atoms with van der Waals surface area (Å²) in [6.07, 6.45) is 1.61. The Morgan fingerprint density at radius 3 is 2.61 bits per heavy atom. The topological polar surface area (TPSA) is 90.3 Å². The van der Waals surface area contributed by atoms with Crippen molar-refractivity contribution in [3.63, 3.8) is 0 Å². The van der Waals surface area contributed by atoms with Gasteiger partial charge in [0.25, 0.3) is 5.56 Å². The fourth-order valence-electron chi connectivity index (χ4n) is 4.13. The molecule has 11 heteroatoms. The number of fused-ring (bicyclic) bond motifs is 1. The number of nitrogens with zero attached hydrogens (tertiary/aromatic N) is 2. The summed E-state index contributed by atoms with van der Waals surface area (Å²) >= 11 is 3.72. The largest absolute Gasteiger partial charge is 0.462 e. The summed E-state index contributed by atoms with van der Waals surface area (Å²) in [5.41, 5.74) is 2.15. The molecule has 0 fully saturated rings. The number of amides is 1. The zero-order chi connectivity index (χ0) is 28.9. The lowest BCUT2D eigenvalue weighted by Crippen LogP contribution is -2.23. The quantitative estimate of drug-likeness (QED) is 0.0792. The molecule has 1 N–H and O–H groups in total. The molecule has 0 aliphatic heterocycles. The number of thiophene rings is 2. The summed E-state index contributed by atoms with van der Waals surface area (Å²) in [5, 5.41) is 5.75. The average Bonchev–Trinajstić information content (AvgIpc) is 3.59. The maximum Gasteiger partial charge on any atom is 0.341 e. The molecule has 5 rings (SSSR count). The predicted molar refractivity (Wildman–Crippen MR) is 165 cm³/mol. The Hall–Kier alpha value is -4.06. The highest BCUT2D eigenvalue weighted by Gasteiger charge is 2.23. The van der Waals surface area contributed by atoms with Crippen LogP contribution in [0.25, 0.3) is 31.8 Å². The van der Waals surface area contributed by atoms with Gasteiger partial charge < -0.3 is 10.1 Å². The van der Waals surface area contributed by atoms with E-state index >= 15 is 0 Å². The summed E-state index contributed by atoms with van der Waals surface area (Å²) in [6.45, 7) is 5.85. The number of hydrogen-bond donors (Lipinski definition) is 1. The highest BCUT2D eigenvalue weighted by Crippen LogP contribution is 2.37. The number of thioether (sulfide) groups is 1. The lowest BCUT2D eigenvalue weighted by Gasteiger charge is -2.11. The number of halogens is 1. The van der Waals surface area contributed by atoms with Crippen LogP contribution in [-0.4, -0.2) is 33.8 Å². The van der Waals surface area contributed by atoms with Crippen molar-refractivity contribution in [2.24, 2.45) is 0 Å². The first-order valence-electron chi connectivity index (χ1n) is 12.6. The number of rotatable bonds is 10. The van der Waals surface area contributed by atoms with Crippen molar-refractivity contribution in [3.8, 4) is 21.6 Å². The molecular weight excluding hydrogens is 582 g/mol. The van der Waals surface area contributed by atoms with E-state index in [2.05, 4.69) is 11.9 Å². The number of carbonyl (C=O) groups is 2. The van der Waals surface area contributed by atoms with E-state index in [1.54, 1.807) is 30.5 Å². The van der Waals surface area contributed by atoms with E-state index in [0.29, 0.717) is 31.5 Å². The van der Waals surface area contributed by atoms with Crippen molar-refractivity contribution in [2.75, 3.05) is 17.7 Å². The number of hydrogen-bond acceptors (Lipinski definition) is 8. The zero-order valence-electron chi connectivity index (χ0n) is 21.9. The fraction of sp³-hybridized carbons (Fsp3) is 0.133. The fourth-order valence-corrected chi connectivity index (χ4v) is 6.99. The summed E-state index contributed by atoms with van der Waals surface area (Å²) in [5.74, 6) is -1.43. The van der Waals surface area contributed by atoms with Crippen molar-refractivity contribution < 1.29 is 18.7 Å². The van der Waals surface area contributed by atoms with Gasteiger partial charge in [-0.2, -0.15) is 0 Å². The molecule has 3 heterocycles. The number of ether oxygens (including phenoxy) is 1. The van der Waals surface area contributed by atoms with E-state index in [0.717, 1.165) is 22.2 Å². The Morgan fingerprint density at radius 2 is 1.90 bits per heavy atom. The van der Waals surface area contributed by atoms with Crippen LogP contribution in [0.3, 0.4) is 0 Å². The summed E-state index contributed by atoms with van der Waals surface area (Å²) in [7, 11) is 0. The Morgan fingerprint density at radius 1 is 1.15 bits per heavy atom. The molecule has 208 valence electrons. The lowest BCUT2D eigenvalue weighted by atomic mass is 10.0. The van der Waals surface area contributed by atoms with E-state index in [1.807, 2.05) is 36.4 Å². The van der Waals surface area contributed by atoms with Crippen LogP contribution in [0.5, 0.6) is 0 Å². The predicted octanol–water partition coefficient (Wildman–Crippen LogP) is 7.09. The highest BCUT2D eigenvalue weighted by atomic mass is 32.2. The minimum absolute atomic E-state index is 0.0575. The van der Waals surface area contributed by atoms with Crippen molar-refractivity contribution in [1.29, 1.82) is 0 Å². The van der Waals surface area contributed by atoms with Crippen LogP contribution in [0.15, 0.2) is 88.6 Å². The number of esters is 1. The standard InChI is InChI=1S/C30H24FN3O4S3/c1-3-14-34-28(36)21-15-23(19-8-6-5-7-9-19)41-26(21)33-30(34)40-17-24(35)32-27-25(29(37)38-4-2)22(16-39-27)18-10-12-20(31)13-11-18/h3,5-13,15-16H,1,4,14,17H2,2H3,(H,32,35). The van der Waals surface area contributed by atoms with Crippen LogP contribution in [0.1, 0.15) is 17.3 Å². The van der Waals surface area contributed by atoms with E-state index in [-0.39, 0.29) is 35.9 Å². The van der Waals surface area contributed by atoms with Gasteiger partial charge >= 0.3 is 5.97 Å².